The van der Waals surface area contributed by atoms with Crippen LogP contribution >= 0.6 is 0 Å². The number of aromatic amines is 1. The first kappa shape index (κ1) is 20.9. The summed E-state index contributed by atoms with van der Waals surface area (Å²) in [6.45, 7) is 0.520. The number of aliphatic hydroxyl groups excluding tert-OH is 1. The number of aromatic nitrogens is 1. The highest BCUT2D eigenvalue weighted by atomic mass is 16.6. The van der Waals surface area contributed by atoms with Gasteiger partial charge in [0.2, 0.25) is 0 Å². The standard InChI is InChI=1S/C26H24N2O5/c29-15-19(10-18-14-27-23-7-2-1-6-21(18)23)28-26(31)22-12-17(16-4-3-5-20(30)11-16)13-24-25(22)33-9-8-32-24/h1-7,11-14,19,27,29-30H,8-10,15H2,(H,28,31)/t19-/m1/s1. The Morgan fingerprint density at radius 3 is 2.73 bits per heavy atom. The van der Waals surface area contributed by atoms with Crippen molar-refractivity contribution in [2.45, 2.75) is 12.5 Å². The number of aromatic hydroxyl groups is 1. The van der Waals surface area contributed by atoms with Crippen molar-refractivity contribution in [2.75, 3.05) is 19.8 Å². The third-order valence-corrected chi connectivity index (χ3v) is 5.76. The molecule has 1 atom stereocenters. The van der Waals surface area contributed by atoms with Crippen LogP contribution in [0.25, 0.3) is 22.0 Å². The van der Waals surface area contributed by atoms with Gasteiger partial charge in [0.25, 0.3) is 5.91 Å². The highest BCUT2D eigenvalue weighted by molar-refractivity contribution is 5.99. The molecule has 2 heterocycles. The van der Waals surface area contributed by atoms with E-state index in [0.717, 1.165) is 27.6 Å². The van der Waals surface area contributed by atoms with Crippen molar-refractivity contribution in [2.24, 2.45) is 0 Å². The Labute approximate surface area is 190 Å². The molecule has 1 aliphatic heterocycles. The van der Waals surface area contributed by atoms with Crippen LogP contribution in [-0.4, -0.2) is 47.0 Å². The SMILES string of the molecule is O=C(N[C@@H](CO)Cc1c[nH]c2ccccc12)c1cc(-c2cccc(O)c2)cc2c1OCCO2. The van der Waals surface area contributed by atoms with Gasteiger partial charge in [-0.3, -0.25) is 4.79 Å². The molecule has 4 aromatic rings. The average Bonchev–Trinajstić information content (AvgIpc) is 3.25. The van der Waals surface area contributed by atoms with Gasteiger partial charge in [0.15, 0.2) is 11.5 Å². The number of nitrogens with one attached hydrogen (secondary N) is 2. The van der Waals surface area contributed by atoms with E-state index >= 15 is 0 Å². The second-order valence-electron chi connectivity index (χ2n) is 8.01. The molecule has 0 fully saturated rings. The molecule has 0 bridgehead atoms. The number of benzene rings is 3. The van der Waals surface area contributed by atoms with Crippen LogP contribution in [0.1, 0.15) is 15.9 Å². The Bertz CT molecular complexity index is 1310. The molecule has 1 aromatic heterocycles. The number of aliphatic hydroxyl groups is 1. The van der Waals surface area contributed by atoms with E-state index in [4.69, 9.17) is 9.47 Å². The van der Waals surface area contributed by atoms with E-state index in [1.807, 2.05) is 36.5 Å². The molecule has 0 spiro atoms. The number of hydrogen-bond acceptors (Lipinski definition) is 5. The minimum absolute atomic E-state index is 0.132. The first-order valence-corrected chi connectivity index (χ1v) is 10.8. The van der Waals surface area contributed by atoms with Crippen molar-refractivity contribution in [1.29, 1.82) is 0 Å². The number of H-pyrrole nitrogens is 1. The molecular formula is C26H24N2O5. The van der Waals surface area contributed by atoms with Crippen LogP contribution in [0.15, 0.2) is 66.9 Å². The van der Waals surface area contributed by atoms with Gasteiger partial charge in [-0.2, -0.15) is 0 Å². The molecule has 0 unspecified atom stereocenters. The maximum atomic E-state index is 13.3. The van der Waals surface area contributed by atoms with Crippen molar-refractivity contribution in [3.05, 3.63) is 78.0 Å². The summed E-state index contributed by atoms with van der Waals surface area (Å²) in [4.78, 5) is 16.5. The first-order chi connectivity index (χ1) is 16.1. The van der Waals surface area contributed by atoms with E-state index in [0.29, 0.717) is 36.7 Å². The lowest BCUT2D eigenvalue weighted by atomic mass is 10.00. The van der Waals surface area contributed by atoms with E-state index in [1.165, 1.54) is 0 Å². The van der Waals surface area contributed by atoms with Gasteiger partial charge in [0.05, 0.1) is 18.2 Å². The number of carbonyl (C=O) groups is 1. The van der Waals surface area contributed by atoms with Crippen LogP contribution in [0, 0.1) is 0 Å². The summed E-state index contributed by atoms with van der Waals surface area (Å²) in [7, 11) is 0. The summed E-state index contributed by atoms with van der Waals surface area (Å²) < 4.78 is 11.5. The summed E-state index contributed by atoms with van der Waals surface area (Å²) in [5.74, 6) is 0.626. The fourth-order valence-electron chi connectivity index (χ4n) is 4.16. The average molecular weight is 444 g/mol. The maximum absolute atomic E-state index is 13.3. The summed E-state index contributed by atoms with van der Waals surface area (Å²) in [5.41, 5.74) is 3.81. The monoisotopic (exact) mass is 444 g/mol. The number of fused-ring (bicyclic) bond motifs is 2. The Balaban J connectivity index is 1.44. The molecule has 7 heteroatoms. The van der Waals surface area contributed by atoms with Gasteiger partial charge in [-0.05, 0) is 53.4 Å². The number of phenolic OH excluding ortho intramolecular Hbond substituents is 1. The molecule has 0 aliphatic carbocycles. The second-order valence-corrected chi connectivity index (χ2v) is 8.01. The summed E-state index contributed by atoms with van der Waals surface area (Å²) in [6.07, 6.45) is 2.37. The Hall–Kier alpha value is -3.97. The lowest BCUT2D eigenvalue weighted by molar-refractivity contribution is 0.0906. The molecule has 7 nitrogen and oxygen atoms in total. The topological polar surface area (TPSA) is 104 Å². The predicted octanol–water partition coefficient (Wildman–Crippen LogP) is 3.65. The Morgan fingerprint density at radius 2 is 1.88 bits per heavy atom. The molecule has 0 radical (unpaired) electrons. The number of ether oxygens (including phenoxy) is 2. The van der Waals surface area contributed by atoms with Crippen LogP contribution in [0.4, 0.5) is 0 Å². The summed E-state index contributed by atoms with van der Waals surface area (Å²) in [6, 6.07) is 17.8. The Morgan fingerprint density at radius 1 is 1.03 bits per heavy atom. The van der Waals surface area contributed by atoms with Gasteiger partial charge >= 0.3 is 0 Å². The van der Waals surface area contributed by atoms with Crippen LogP contribution < -0.4 is 14.8 Å². The third kappa shape index (κ3) is 4.23. The van der Waals surface area contributed by atoms with Gasteiger partial charge in [-0.1, -0.05) is 30.3 Å². The zero-order valence-electron chi connectivity index (χ0n) is 17.9. The highest BCUT2D eigenvalue weighted by Crippen LogP contribution is 2.39. The van der Waals surface area contributed by atoms with Crippen molar-refractivity contribution < 1.29 is 24.5 Å². The van der Waals surface area contributed by atoms with Crippen LogP contribution in [0.3, 0.4) is 0 Å². The number of amides is 1. The summed E-state index contributed by atoms with van der Waals surface area (Å²) in [5, 5.41) is 23.9. The maximum Gasteiger partial charge on any atom is 0.255 e. The Kier molecular flexibility index (Phi) is 5.62. The number of phenols is 1. The lowest BCUT2D eigenvalue weighted by Gasteiger charge is -2.23. The van der Waals surface area contributed by atoms with E-state index in [1.54, 1.807) is 30.3 Å². The molecule has 33 heavy (non-hydrogen) atoms. The second kappa shape index (κ2) is 8.88. The van der Waals surface area contributed by atoms with Crippen molar-refractivity contribution >= 4 is 16.8 Å². The highest BCUT2D eigenvalue weighted by Gasteiger charge is 2.25. The molecule has 0 saturated carbocycles. The zero-order valence-corrected chi connectivity index (χ0v) is 17.9. The molecule has 168 valence electrons. The van der Waals surface area contributed by atoms with Crippen LogP contribution in [0.5, 0.6) is 17.2 Å². The van der Waals surface area contributed by atoms with Crippen LogP contribution in [0.2, 0.25) is 0 Å². The zero-order chi connectivity index (χ0) is 22.8. The third-order valence-electron chi connectivity index (χ3n) is 5.76. The molecule has 1 aliphatic rings. The van der Waals surface area contributed by atoms with Crippen molar-refractivity contribution in [1.82, 2.24) is 10.3 Å². The van der Waals surface area contributed by atoms with E-state index in [-0.39, 0.29) is 18.3 Å². The van der Waals surface area contributed by atoms with Gasteiger partial charge in [-0.25, -0.2) is 0 Å². The minimum atomic E-state index is -0.485. The van der Waals surface area contributed by atoms with Gasteiger partial charge in [0.1, 0.15) is 19.0 Å². The van der Waals surface area contributed by atoms with Gasteiger partial charge in [0, 0.05) is 17.1 Å². The fraction of sp³-hybridized carbons (Fsp3) is 0.192. The largest absolute Gasteiger partial charge is 0.508 e. The van der Waals surface area contributed by atoms with Crippen molar-refractivity contribution in [3.8, 4) is 28.4 Å². The molecular weight excluding hydrogens is 420 g/mol. The summed E-state index contributed by atoms with van der Waals surface area (Å²) >= 11 is 0. The number of rotatable bonds is 6. The molecule has 1 amide bonds. The molecule has 3 aromatic carbocycles. The van der Waals surface area contributed by atoms with Crippen molar-refractivity contribution in [3.63, 3.8) is 0 Å². The van der Waals surface area contributed by atoms with Gasteiger partial charge < -0.3 is 30.0 Å². The number of carbonyl (C=O) groups excluding carboxylic acids is 1. The number of para-hydroxylation sites is 1. The number of hydrogen-bond donors (Lipinski definition) is 4. The smallest absolute Gasteiger partial charge is 0.255 e. The van der Waals surface area contributed by atoms with E-state index in [9.17, 15) is 15.0 Å². The lowest BCUT2D eigenvalue weighted by Crippen LogP contribution is -2.39. The van der Waals surface area contributed by atoms with E-state index in [2.05, 4.69) is 10.3 Å². The quantitative estimate of drug-likeness (QED) is 0.364. The molecule has 4 N–H and O–H groups in total. The normalized spacial score (nSPS) is 13.6. The molecule has 0 saturated heterocycles. The minimum Gasteiger partial charge on any atom is -0.508 e. The fourth-order valence-corrected chi connectivity index (χ4v) is 4.16. The predicted molar refractivity (Wildman–Crippen MR) is 125 cm³/mol. The first-order valence-electron chi connectivity index (χ1n) is 10.8. The molecule has 5 rings (SSSR count). The van der Waals surface area contributed by atoms with Crippen LogP contribution in [-0.2, 0) is 6.42 Å². The van der Waals surface area contributed by atoms with E-state index < -0.39 is 6.04 Å². The van der Waals surface area contributed by atoms with Gasteiger partial charge in [-0.15, -0.1) is 0 Å².